The minimum Gasteiger partial charge on any atom is -0.381 e. The van der Waals surface area contributed by atoms with Crippen LogP contribution in [0.5, 0.6) is 0 Å². The van der Waals surface area contributed by atoms with Gasteiger partial charge in [-0.15, -0.1) is 0 Å². The van der Waals surface area contributed by atoms with E-state index in [1.165, 1.54) is 0 Å². The molecule has 4 aromatic rings. The minimum absolute atomic E-state index is 0.284. The topological polar surface area (TPSA) is 71.9 Å². The van der Waals surface area contributed by atoms with Crippen molar-refractivity contribution in [3.63, 3.8) is 0 Å². The monoisotopic (exact) mass is 420 g/mol. The molecular weight excluding hydrogens is 395 g/mol. The fourth-order valence-corrected chi connectivity index (χ4v) is 4.19. The summed E-state index contributed by atoms with van der Waals surface area (Å²) in [4.78, 5) is 6.39. The zero-order valence-corrected chi connectivity index (χ0v) is 17.9. The van der Waals surface area contributed by atoms with Gasteiger partial charge in [0.1, 0.15) is 11.5 Å². The molecule has 0 saturated carbocycles. The van der Waals surface area contributed by atoms with Gasteiger partial charge in [0.05, 0.1) is 29.6 Å². The summed E-state index contributed by atoms with van der Waals surface area (Å²) in [6.07, 6.45) is 7.49. The summed E-state index contributed by atoms with van der Waals surface area (Å²) >= 11 is 0. The highest BCUT2D eigenvalue weighted by Gasteiger charge is 2.19. The van der Waals surface area contributed by atoms with Crippen LogP contribution in [0.1, 0.15) is 24.4 Å². The average molecular weight is 420 g/mol. The summed E-state index contributed by atoms with van der Waals surface area (Å²) in [6, 6.07) is 5.76. The van der Waals surface area contributed by atoms with E-state index in [0.717, 1.165) is 59.5 Å². The molecule has 0 amide bonds. The standard InChI is InChI=1S/C23H25FN6O/c1-14-8-17(29(2)3)9-19(24)22(14)20-10-18-21(12-25-20)27-28-23(18)15-11-26-30(13-15)16-4-6-31-7-5-16/h8-13,16H,4-7H2,1-3H3,(H,27,28). The first-order chi connectivity index (χ1) is 15.0. The summed E-state index contributed by atoms with van der Waals surface area (Å²) in [7, 11) is 3.80. The molecule has 3 aromatic heterocycles. The second-order valence-corrected chi connectivity index (χ2v) is 8.25. The number of hydrogen-bond donors (Lipinski definition) is 1. The molecule has 1 saturated heterocycles. The SMILES string of the molecule is Cc1cc(N(C)C)cc(F)c1-c1cc2c(-c3cnn(C4CCOCC4)c3)n[nH]c2cn1. The number of aromatic amines is 1. The van der Waals surface area contributed by atoms with E-state index in [4.69, 9.17) is 4.74 Å². The van der Waals surface area contributed by atoms with E-state index < -0.39 is 0 Å². The maximum Gasteiger partial charge on any atom is 0.134 e. The van der Waals surface area contributed by atoms with E-state index in [9.17, 15) is 0 Å². The molecule has 7 nitrogen and oxygen atoms in total. The van der Waals surface area contributed by atoms with Gasteiger partial charge in [-0.2, -0.15) is 10.2 Å². The van der Waals surface area contributed by atoms with E-state index in [2.05, 4.69) is 20.3 Å². The Hall–Kier alpha value is -3.26. The summed E-state index contributed by atoms with van der Waals surface area (Å²) in [5, 5.41) is 13.0. The van der Waals surface area contributed by atoms with Crippen LogP contribution in [-0.2, 0) is 4.74 Å². The molecule has 0 spiro atoms. The van der Waals surface area contributed by atoms with Crippen LogP contribution in [0.15, 0.2) is 36.8 Å². The number of halogens is 1. The molecule has 5 rings (SSSR count). The van der Waals surface area contributed by atoms with Crippen molar-refractivity contribution in [1.82, 2.24) is 25.0 Å². The van der Waals surface area contributed by atoms with Gasteiger partial charge in [-0.25, -0.2) is 4.39 Å². The number of rotatable bonds is 4. The van der Waals surface area contributed by atoms with Crippen LogP contribution in [0.25, 0.3) is 33.4 Å². The Bertz CT molecular complexity index is 1220. The Morgan fingerprint density at radius 1 is 1.16 bits per heavy atom. The number of hydrogen-bond acceptors (Lipinski definition) is 5. The highest BCUT2D eigenvalue weighted by atomic mass is 19.1. The van der Waals surface area contributed by atoms with Crippen molar-refractivity contribution in [2.45, 2.75) is 25.8 Å². The second-order valence-electron chi connectivity index (χ2n) is 8.25. The Kier molecular flexibility index (Phi) is 4.94. The third-order valence-electron chi connectivity index (χ3n) is 5.93. The summed E-state index contributed by atoms with van der Waals surface area (Å²) < 4.78 is 22.5. The quantitative estimate of drug-likeness (QED) is 0.531. The molecule has 160 valence electrons. The number of nitrogens with one attached hydrogen (secondary N) is 1. The van der Waals surface area contributed by atoms with Crippen molar-refractivity contribution >= 4 is 16.6 Å². The third-order valence-corrected chi connectivity index (χ3v) is 5.93. The van der Waals surface area contributed by atoms with Crippen LogP contribution in [0.3, 0.4) is 0 Å². The van der Waals surface area contributed by atoms with Gasteiger partial charge in [0.15, 0.2) is 0 Å². The number of nitrogens with zero attached hydrogens (tertiary/aromatic N) is 5. The van der Waals surface area contributed by atoms with Gasteiger partial charge in [-0.1, -0.05) is 0 Å². The van der Waals surface area contributed by atoms with Crippen molar-refractivity contribution in [1.29, 1.82) is 0 Å². The highest BCUT2D eigenvalue weighted by Crippen LogP contribution is 2.33. The molecule has 4 heterocycles. The van der Waals surface area contributed by atoms with E-state index >= 15 is 4.39 Å². The van der Waals surface area contributed by atoms with Gasteiger partial charge in [0.2, 0.25) is 0 Å². The minimum atomic E-state index is -0.284. The molecule has 0 bridgehead atoms. The van der Waals surface area contributed by atoms with Gasteiger partial charge in [-0.05, 0) is 43.5 Å². The third kappa shape index (κ3) is 3.57. The number of aromatic nitrogens is 5. The largest absolute Gasteiger partial charge is 0.381 e. The molecule has 1 aliphatic rings. The maximum atomic E-state index is 15.0. The Labute approximate surface area is 179 Å². The first-order valence-electron chi connectivity index (χ1n) is 10.5. The normalized spacial score (nSPS) is 15.0. The zero-order valence-electron chi connectivity index (χ0n) is 17.9. The summed E-state index contributed by atoms with van der Waals surface area (Å²) in [5.41, 5.74) is 5.29. The van der Waals surface area contributed by atoms with E-state index in [1.807, 2.05) is 55.1 Å². The predicted molar refractivity (Wildman–Crippen MR) is 119 cm³/mol. The molecule has 0 unspecified atom stereocenters. The lowest BCUT2D eigenvalue weighted by molar-refractivity contribution is 0.0662. The van der Waals surface area contributed by atoms with Gasteiger partial charge >= 0.3 is 0 Å². The highest BCUT2D eigenvalue weighted by molar-refractivity contribution is 5.94. The number of aryl methyl sites for hydroxylation is 1. The first-order valence-corrected chi connectivity index (χ1v) is 10.5. The van der Waals surface area contributed by atoms with Crippen LogP contribution < -0.4 is 4.90 Å². The first kappa shape index (κ1) is 19.7. The Morgan fingerprint density at radius 2 is 1.97 bits per heavy atom. The van der Waals surface area contributed by atoms with Crippen LogP contribution in [0.2, 0.25) is 0 Å². The number of pyridine rings is 1. The zero-order chi connectivity index (χ0) is 21.5. The van der Waals surface area contributed by atoms with Crippen LogP contribution in [0, 0.1) is 12.7 Å². The van der Waals surface area contributed by atoms with Gasteiger partial charge in [-0.3, -0.25) is 14.8 Å². The second kappa shape index (κ2) is 7.77. The lowest BCUT2D eigenvalue weighted by Crippen LogP contribution is -2.19. The lowest BCUT2D eigenvalue weighted by atomic mass is 10.0. The van der Waals surface area contributed by atoms with Crippen molar-refractivity contribution < 1.29 is 9.13 Å². The Balaban J connectivity index is 1.55. The number of benzene rings is 1. The maximum absolute atomic E-state index is 15.0. The fourth-order valence-electron chi connectivity index (χ4n) is 4.19. The molecule has 8 heteroatoms. The number of anilines is 1. The molecule has 1 fully saturated rings. The molecule has 0 atom stereocenters. The lowest BCUT2D eigenvalue weighted by Gasteiger charge is -2.22. The van der Waals surface area contributed by atoms with Crippen molar-refractivity contribution in [3.05, 3.63) is 48.2 Å². The van der Waals surface area contributed by atoms with Crippen molar-refractivity contribution in [3.8, 4) is 22.5 Å². The molecule has 1 aliphatic heterocycles. The van der Waals surface area contributed by atoms with Gasteiger partial charge in [0.25, 0.3) is 0 Å². The molecular formula is C23H25FN6O. The molecule has 0 aliphatic carbocycles. The molecule has 0 radical (unpaired) electrons. The van der Waals surface area contributed by atoms with Gasteiger partial charge < -0.3 is 9.64 Å². The van der Waals surface area contributed by atoms with Gasteiger partial charge in [0, 0.05) is 55.7 Å². The van der Waals surface area contributed by atoms with Crippen LogP contribution in [0.4, 0.5) is 10.1 Å². The fraction of sp³-hybridized carbons (Fsp3) is 0.348. The average Bonchev–Trinajstić information content (AvgIpc) is 3.40. The van der Waals surface area contributed by atoms with E-state index in [0.29, 0.717) is 17.3 Å². The predicted octanol–water partition coefficient (Wildman–Crippen LogP) is 4.35. The summed E-state index contributed by atoms with van der Waals surface area (Å²) in [6.45, 7) is 3.43. The number of fused-ring (bicyclic) bond motifs is 1. The Morgan fingerprint density at radius 3 is 2.71 bits per heavy atom. The molecule has 1 N–H and O–H groups in total. The molecule has 31 heavy (non-hydrogen) atoms. The van der Waals surface area contributed by atoms with E-state index in [-0.39, 0.29) is 5.82 Å². The summed E-state index contributed by atoms with van der Waals surface area (Å²) in [5.74, 6) is -0.284. The number of ether oxygens (including phenoxy) is 1. The smallest absolute Gasteiger partial charge is 0.134 e. The molecule has 1 aromatic carbocycles. The number of H-pyrrole nitrogens is 1. The van der Waals surface area contributed by atoms with E-state index in [1.54, 1.807) is 12.3 Å². The van der Waals surface area contributed by atoms with Crippen molar-refractivity contribution in [2.24, 2.45) is 0 Å². The van der Waals surface area contributed by atoms with Crippen molar-refractivity contribution in [2.75, 3.05) is 32.2 Å². The van der Waals surface area contributed by atoms with Crippen LogP contribution >= 0.6 is 0 Å². The van der Waals surface area contributed by atoms with Crippen LogP contribution in [-0.4, -0.2) is 52.3 Å².